The maximum absolute atomic E-state index is 5.96. The molecule has 0 amide bonds. The lowest BCUT2D eigenvalue weighted by Gasteiger charge is -2.20. The molecule has 0 aliphatic heterocycles. The van der Waals surface area contributed by atoms with E-state index in [-0.39, 0.29) is 0 Å². The Bertz CT molecular complexity index is 533. The summed E-state index contributed by atoms with van der Waals surface area (Å²) in [5.41, 5.74) is 4.13. The summed E-state index contributed by atoms with van der Waals surface area (Å²) in [7, 11) is 0. The second-order valence-electron chi connectivity index (χ2n) is 5.19. The smallest absolute Gasteiger partial charge is 0.0406 e. The fourth-order valence-corrected chi connectivity index (χ4v) is 2.69. The molecule has 0 aromatic heterocycles. The highest BCUT2D eigenvalue weighted by molar-refractivity contribution is 6.30. The van der Waals surface area contributed by atoms with Gasteiger partial charge in [-0.15, -0.1) is 0 Å². The van der Waals surface area contributed by atoms with E-state index in [1.54, 1.807) is 0 Å². The molecule has 0 saturated heterocycles. The molecule has 0 aliphatic carbocycles. The zero-order valence-electron chi connectivity index (χ0n) is 12.2. The Morgan fingerprint density at radius 2 is 1.75 bits per heavy atom. The number of halogens is 1. The van der Waals surface area contributed by atoms with Crippen molar-refractivity contribution in [3.63, 3.8) is 0 Å². The minimum Gasteiger partial charge on any atom is -0.316 e. The van der Waals surface area contributed by atoms with Gasteiger partial charge in [0.05, 0.1) is 0 Å². The van der Waals surface area contributed by atoms with E-state index in [1.807, 2.05) is 12.1 Å². The molecule has 1 nitrogen and oxygen atoms in total. The van der Waals surface area contributed by atoms with Gasteiger partial charge in [-0.2, -0.15) is 0 Å². The van der Waals surface area contributed by atoms with Crippen molar-refractivity contribution in [1.29, 1.82) is 0 Å². The molecule has 1 atom stereocenters. The molecule has 2 heteroatoms. The predicted octanol–water partition coefficient (Wildman–Crippen LogP) is 4.58. The van der Waals surface area contributed by atoms with Crippen molar-refractivity contribution in [2.45, 2.75) is 26.2 Å². The summed E-state index contributed by atoms with van der Waals surface area (Å²) in [6, 6.07) is 16.9. The third-order valence-corrected chi connectivity index (χ3v) is 3.92. The van der Waals surface area contributed by atoms with Gasteiger partial charge in [0.1, 0.15) is 0 Å². The Morgan fingerprint density at radius 3 is 2.40 bits per heavy atom. The van der Waals surface area contributed by atoms with Crippen molar-refractivity contribution >= 4 is 11.6 Å². The summed E-state index contributed by atoms with van der Waals surface area (Å²) in [6.07, 6.45) is 1.04. The number of benzene rings is 2. The molecule has 1 unspecified atom stereocenters. The number of nitrogens with one attached hydrogen (secondary N) is 1. The first-order valence-electron chi connectivity index (χ1n) is 7.21. The zero-order valence-corrected chi connectivity index (χ0v) is 13.0. The van der Waals surface area contributed by atoms with Gasteiger partial charge in [0.2, 0.25) is 0 Å². The van der Waals surface area contributed by atoms with Crippen molar-refractivity contribution in [2.24, 2.45) is 0 Å². The topological polar surface area (TPSA) is 12.0 Å². The highest BCUT2D eigenvalue weighted by Crippen LogP contribution is 2.24. The maximum atomic E-state index is 5.96. The Hall–Kier alpha value is -1.31. The van der Waals surface area contributed by atoms with Crippen LogP contribution >= 0.6 is 11.6 Å². The van der Waals surface area contributed by atoms with Gasteiger partial charge in [0, 0.05) is 17.5 Å². The van der Waals surface area contributed by atoms with E-state index in [9.17, 15) is 0 Å². The molecule has 2 aromatic carbocycles. The number of rotatable bonds is 6. The molecule has 1 N–H and O–H groups in total. The third kappa shape index (κ3) is 4.09. The first-order chi connectivity index (χ1) is 9.70. The number of hydrogen-bond donors (Lipinski definition) is 1. The van der Waals surface area contributed by atoms with Crippen LogP contribution in [0.1, 0.15) is 29.5 Å². The van der Waals surface area contributed by atoms with Crippen LogP contribution in [0.5, 0.6) is 0 Å². The highest BCUT2D eigenvalue weighted by Gasteiger charge is 2.13. The molecule has 0 radical (unpaired) electrons. The predicted molar refractivity (Wildman–Crippen MR) is 87.6 cm³/mol. The van der Waals surface area contributed by atoms with Crippen molar-refractivity contribution < 1.29 is 0 Å². The van der Waals surface area contributed by atoms with E-state index in [2.05, 4.69) is 55.6 Å². The van der Waals surface area contributed by atoms with E-state index in [0.29, 0.717) is 5.92 Å². The fourth-order valence-electron chi connectivity index (χ4n) is 2.56. The van der Waals surface area contributed by atoms with E-state index < -0.39 is 0 Å². The monoisotopic (exact) mass is 287 g/mol. The summed E-state index contributed by atoms with van der Waals surface area (Å²) in [6.45, 7) is 6.35. The molecule has 0 heterocycles. The van der Waals surface area contributed by atoms with Crippen LogP contribution in [0.4, 0.5) is 0 Å². The molecule has 0 saturated carbocycles. The van der Waals surface area contributed by atoms with Crippen LogP contribution in [-0.4, -0.2) is 13.1 Å². The summed E-state index contributed by atoms with van der Waals surface area (Å²) in [4.78, 5) is 0. The first-order valence-corrected chi connectivity index (χ1v) is 7.59. The summed E-state index contributed by atoms with van der Waals surface area (Å²) in [5, 5.41) is 4.28. The minimum atomic E-state index is 0.498. The van der Waals surface area contributed by atoms with Gasteiger partial charge in [0.25, 0.3) is 0 Å². The van der Waals surface area contributed by atoms with Crippen LogP contribution in [-0.2, 0) is 6.42 Å². The van der Waals surface area contributed by atoms with Gasteiger partial charge in [-0.1, -0.05) is 54.9 Å². The lowest BCUT2D eigenvalue weighted by molar-refractivity contribution is 0.592. The van der Waals surface area contributed by atoms with Gasteiger partial charge in [-0.3, -0.25) is 0 Å². The third-order valence-electron chi connectivity index (χ3n) is 3.66. The van der Waals surface area contributed by atoms with Crippen molar-refractivity contribution in [2.75, 3.05) is 13.1 Å². The largest absolute Gasteiger partial charge is 0.316 e. The standard InChI is InChI=1S/C18H22ClN/c1-3-20-13-16(18-7-5-4-6-14(18)2)12-15-8-10-17(19)11-9-15/h4-11,16,20H,3,12-13H2,1-2H3. The molecule has 2 rings (SSSR count). The molecule has 0 bridgehead atoms. The van der Waals surface area contributed by atoms with Crippen molar-refractivity contribution in [3.8, 4) is 0 Å². The quantitative estimate of drug-likeness (QED) is 0.820. The molecular formula is C18H22ClN. The maximum Gasteiger partial charge on any atom is 0.0406 e. The van der Waals surface area contributed by atoms with Gasteiger partial charge < -0.3 is 5.32 Å². The van der Waals surface area contributed by atoms with Crippen LogP contribution in [0.2, 0.25) is 5.02 Å². The molecule has 0 fully saturated rings. The summed E-state index contributed by atoms with van der Waals surface area (Å²) >= 11 is 5.96. The Kier molecular flexibility index (Phi) is 5.63. The Morgan fingerprint density at radius 1 is 1.05 bits per heavy atom. The lowest BCUT2D eigenvalue weighted by atomic mass is 9.89. The zero-order chi connectivity index (χ0) is 14.4. The Labute approximate surface area is 127 Å². The van der Waals surface area contributed by atoms with Crippen molar-refractivity contribution in [1.82, 2.24) is 5.32 Å². The van der Waals surface area contributed by atoms with Crippen LogP contribution in [0.3, 0.4) is 0 Å². The molecule has 0 spiro atoms. The summed E-state index contributed by atoms with van der Waals surface area (Å²) < 4.78 is 0. The van der Waals surface area contributed by atoms with E-state index in [4.69, 9.17) is 11.6 Å². The van der Waals surface area contributed by atoms with E-state index in [0.717, 1.165) is 24.5 Å². The molecule has 0 aliphatic rings. The lowest BCUT2D eigenvalue weighted by Crippen LogP contribution is -2.23. The Balaban J connectivity index is 2.19. The fraction of sp³-hybridized carbons (Fsp3) is 0.333. The molecule has 2 aromatic rings. The normalized spacial score (nSPS) is 12.3. The van der Waals surface area contributed by atoms with Gasteiger partial charge in [0.15, 0.2) is 0 Å². The summed E-state index contributed by atoms with van der Waals surface area (Å²) in [5.74, 6) is 0.498. The van der Waals surface area contributed by atoms with Gasteiger partial charge in [-0.05, 0) is 48.7 Å². The van der Waals surface area contributed by atoms with E-state index in [1.165, 1.54) is 16.7 Å². The molecule has 106 valence electrons. The number of hydrogen-bond acceptors (Lipinski definition) is 1. The van der Waals surface area contributed by atoms with Gasteiger partial charge >= 0.3 is 0 Å². The van der Waals surface area contributed by atoms with Crippen molar-refractivity contribution in [3.05, 3.63) is 70.2 Å². The van der Waals surface area contributed by atoms with Crippen LogP contribution < -0.4 is 5.32 Å². The average molecular weight is 288 g/mol. The second kappa shape index (κ2) is 7.47. The van der Waals surface area contributed by atoms with E-state index >= 15 is 0 Å². The number of aryl methyl sites for hydroxylation is 1. The molecular weight excluding hydrogens is 266 g/mol. The number of likely N-dealkylation sites (N-methyl/N-ethyl adjacent to an activating group) is 1. The van der Waals surface area contributed by atoms with Gasteiger partial charge in [-0.25, -0.2) is 0 Å². The molecule has 20 heavy (non-hydrogen) atoms. The first kappa shape index (κ1) is 15.1. The van der Waals surface area contributed by atoms with Crippen LogP contribution in [0, 0.1) is 6.92 Å². The highest BCUT2D eigenvalue weighted by atomic mass is 35.5. The van der Waals surface area contributed by atoms with Crippen LogP contribution in [0.25, 0.3) is 0 Å². The van der Waals surface area contributed by atoms with Crippen LogP contribution in [0.15, 0.2) is 48.5 Å². The SMILES string of the molecule is CCNCC(Cc1ccc(Cl)cc1)c1ccccc1C. The second-order valence-corrected chi connectivity index (χ2v) is 5.63. The average Bonchev–Trinajstić information content (AvgIpc) is 2.46. The minimum absolute atomic E-state index is 0.498.